The van der Waals surface area contributed by atoms with Gasteiger partial charge in [-0.3, -0.25) is 9.80 Å². The summed E-state index contributed by atoms with van der Waals surface area (Å²) >= 11 is 0. The van der Waals surface area contributed by atoms with Gasteiger partial charge in [0.05, 0.1) is 12.1 Å². The minimum Gasteiger partial charge on any atom is -0.508 e. The van der Waals surface area contributed by atoms with Crippen LogP contribution in [0.15, 0.2) is 36.7 Å². The van der Waals surface area contributed by atoms with Gasteiger partial charge >= 0.3 is 0 Å². The van der Waals surface area contributed by atoms with Crippen molar-refractivity contribution in [2.45, 2.75) is 62.1 Å². The Morgan fingerprint density at radius 1 is 1.03 bits per heavy atom. The lowest BCUT2D eigenvalue weighted by Crippen LogP contribution is -2.71. The van der Waals surface area contributed by atoms with Crippen LogP contribution in [0, 0.1) is 5.92 Å². The smallest absolute Gasteiger partial charge is 0.142 e. The van der Waals surface area contributed by atoms with Crippen LogP contribution in [0.4, 0.5) is 0 Å². The molecule has 3 unspecified atom stereocenters. The third-order valence-electron chi connectivity index (χ3n) is 8.51. The Bertz CT molecular complexity index is 965. The molecule has 164 valence electrons. The molecule has 2 N–H and O–H groups in total. The topological polar surface area (TPSA) is 72.7 Å². The van der Waals surface area contributed by atoms with Crippen LogP contribution in [0.5, 0.6) is 5.75 Å². The fraction of sp³-hybridized carbons (Fsp3) is 0.600. The number of phenolic OH excluding ortho intramolecular Hbond substituents is 1. The van der Waals surface area contributed by atoms with E-state index in [9.17, 15) is 10.2 Å². The van der Waals surface area contributed by atoms with Gasteiger partial charge in [0, 0.05) is 36.9 Å². The number of piperidine rings is 1. The zero-order chi connectivity index (χ0) is 21.1. The zero-order valence-electron chi connectivity index (χ0n) is 18.1. The Hall–Kier alpha value is -2.02. The van der Waals surface area contributed by atoms with Gasteiger partial charge in [0.25, 0.3) is 0 Å². The second-order valence-corrected chi connectivity index (χ2v) is 10.2. The summed E-state index contributed by atoms with van der Waals surface area (Å²) in [5.41, 5.74) is 1.44. The molecule has 3 heterocycles. The third-order valence-corrected chi connectivity index (χ3v) is 8.51. The quantitative estimate of drug-likeness (QED) is 0.792. The number of aromatic nitrogens is 2. The fourth-order valence-corrected chi connectivity index (χ4v) is 6.68. The lowest BCUT2D eigenvalue weighted by molar-refractivity contribution is -0.149. The molecule has 31 heavy (non-hydrogen) atoms. The highest BCUT2D eigenvalue weighted by molar-refractivity contribution is 5.48. The monoisotopic (exact) mass is 420 g/mol. The Labute approximate surface area is 183 Å². The molecule has 6 nitrogen and oxygen atoms in total. The number of nitrogens with zero attached hydrogens (tertiary/aromatic N) is 4. The molecule has 0 radical (unpaired) electrons. The number of benzene rings is 1. The fourth-order valence-electron chi connectivity index (χ4n) is 6.68. The van der Waals surface area contributed by atoms with E-state index < -0.39 is 5.60 Å². The number of fused-ring (bicyclic) bond motifs is 1. The molecule has 3 atom stereocenters. The van der Waals surface area contributed by atoms with Crippen LogP contribution >= 0.6 is 0 Å². The molecule has 6 heteroatoms. The van der Waals surface area contributed by atoms with Crippen molar-refractivity contribution in [2.75, 3.05) is 26.2 Å². The summed E-state index contributed by atoms with van der Waals surface area (Å²) in [6.07, 6.45) is 9.76. The van der Waals surface area contributed by atoms with Crippen molar-refractivity contribution in [3.8, 4) is 5.75 Å². The predicted molar refractivity (Wildman–Crippen MR) is 118 cm³/mol. The largest absolute Gasteiger partial charge is 0.508 e. The second kappa shape index (κ2) is 7.26. The summed E-state index contributed by atoms with van der Waals surface area (Å²) in [5.74, 6) is 1.97. The Morgan fingerprint density at radius 3 is 2.61 bits per heavy atom. The van der Waals surface area contributed by atoms with Crippen molar-refractivity contribution in [2.24, 2.45) is 5.92 Å². The number of aromatic hydroxyl groups is 1. The standard InChI is InChI=1S/C25H32N4O2/c30-20-5-4-19-14-22-25(31)8-12-28(17-23-26-9-1-10-27-23)11-6-24(25,21(19)15-20)7-13-29(22)16-18-2-3-18/h1,4-5,9-10,15,18,22,30-31H,2-3,6-8,11-14,16-17H2. The van der Waals surface area contributed by atoms with Crippen molar-refractivity contribution in [3.05, 3.63) is 53.6 Å². The molecule has 2 aliphatic heterocycles. The molecule has 1 aromatic carbocycles. The maximum Gasteiger partial charge on any atom is 0.142 e. The molecule has 0 amide bonds. The molecule has 0 spiro atoms. The van der Waals surface area contributed by atoms with Gasteiger partial charge in [-0.25, -0.2) is 9.97 Å². The van der Waals surface area contributed by atoms with Gasteiger partial charge in [0.2, 0.25) is 0 Å². The minimum atomic E-state index is -0.771. The SMILES string of the molecule is Oc1ccc2c(c1)C13CCN(Cc4ncccn4)CCC1(O)C(C2)N(CC1CC1)CC3. The minimum absolute atomic E-state index is 0.159. The maximum absolute atomic E-state index is 12.5. The summed E-state index contributed by atoms with van der Waals surface area (Å²) in [5, 5.41) is 22.8. The van der Waals surface area contributed by atoms with Gasteiger partial charge in [-0.05, 0) is 86.9 Å². The Balaban J connectivity index is 1.37. The first kappa shape index (κ1) is 19.6. The predicted octanol–water partition coefficient (Wildman–Crippen LogP) is 2.49. The molecular weight excluding hydrogens is 388 g/mol. The van der Waals surface area contributed by atoms with Crippen molar-refractivity contribution in [1.29, 1.82) is 0 Å². The molecule has 1 aromatic heterocycles. The number of rotatable bonds is 4. The first-order chi connectivity index (χ1) is 15.1. The van der Waals surface area contributed by atoms with E-state index in [4.69, 9.17) is 0 Å². The first-order valence-corrected chi connectivity index (χ1v) is 11.8. The molecule has 2 aromatic rings. The second-order valence-electron chi connectivity index (χ2n) is 10.2. The first-order valence-electron chi connectivity index (χ1n) is 11.8. The summed E-state index contributed by atoms with van der Waals surface area (Å²) in [4.78, 5) is 13.8. The zero-order valence-corrected chi connectivity index (χ0v) is 18.1. The highest BCUT2D eigenvalue weighted by Gasteiger charge is 2.63. The van der Waals surface area contributed by atoms with Gasteiger partial charge in [0.15, 0.2) is 0 Å². The number of likely N-dealkylation sites (tertiary alicyclic amines) is 2. The number of aliphatic hydroxyl groups is 1. The van der Waals surface area contributed by atoms with E-state index in [1.807, 2.05) is 18.2 Å². The number of hydrogen-bond acceptors (Lipinski definition) is 6. The van der Waals surface area contributed by atoms with Gasteiger partial charge in [-0.1, -0.05) is 6.07 Å². The molecule has 4 aliphatic rings. The van der Waals surface area contributed by atoms with E-state index in [2.05, 4.69) is 25.8 Å². The summed E-state index contributed by atoms with van der Waals surface area (Å²) in [6, 6.07) is 7.87. The van der Waals surface area contributed by atoms with E-state index >= 15 is 0 Å². The van der Waals surface area contributed by atoms with E-state index in [0.717, 1.165) is 70.1 Å². The normalized spacial score (nSPS) is 33.4. The van der Waals surface area contributed by atoms with E-state index in [0.29, 0.717) is 5.75 Å². The third kappa shape index (κ3) is 3.19. The van der Waals surface area contributed by atoms with Gasteiger partial charge in [-0.2, -0.15) is 0 Å². The van der Waals surface area contributed by atoms with E-state index in [1.54, 1.807) is 12.4 Å². The van der Waals surface area contributed by atoms with Crippen LogP contribution in [0.25, 0.3) is 0 Å². The van der Waals surface area contributed by atoms with Gasteiger partial charge < -0.3 is 10.2 Å². The van der Waals surface area contributed by atoms with Crippen LogP contribution < -0.4 is 0 Å². The summed E-state index contributed by atoms with van der Waals surface area (Å²) in [6.45, 7) is 4.64. The lowest BCUT2D eigenvalue weighted by atomic mass is 9.52. The number of hydrogen-bond donors (Lipinski definition) is 2. The summed E-state index contributed by atoms with van der Waals surface area (Å²) < 4.78 is 0. The molecule has 6 rings (SSSR count). The van der Waals surface area contributed by atoms with Crippen molar-refractivity contribution in [1.82, 2.24) is 19.8 Å². The molecule has 2 aliphatic carbocycles. The highest BCUT2D eigenvalue weighted by atomic mass is 16.3. The van der Waals surface area contributed by atoms with Crippen LogP contribution in [-0.2, 0) is 18.4 Å². The van der Waals surface area contributed by atoms with Crippen LogP contribution in [0.1, 0.15) is 49.1 Å². The van der Waals surface area contributed by atoms with Crippen molar-refractivity contribution < 1.29 is 10.2 Å². The van der Waals surface area contributed by atoms with Gasteiger partial charge in [0.1, 0.15) is 11.6 Å². The van der Waals surface area contributed by atoms with Crippen molar-refractivity contribution >= 4 is 0 Å². The molecule has 3 fully saturated rings. The highest BCUT2D eigenvalue weighted by Crippen LogP contribution is 2.56. The van der Waals surface area contributed by atoms with Crippen LogP contribution in [-0.4, -0.2) is 67.8 Å². The summed E-state index contributed by atoms with van der Waals surface area (Å²) in [7, 11) is 0. The van der Waals surface area contributed by atoms with Gasteiger partial charge in [-0.15, -0.1) is 0 Å². The molecular formula is C25H32N4O2. The number of phenols is 1. The lowest BCUT2D eigenvalue weighted by Gasteiger charge is -2.61. The Morgan fingerprint density at radius 2 is 1.81 bits per heavy atom. The molecule has 1 saturated carbocycles. The average molecular weight is 421 g/mol. The van der Waals surface area contributed by atoms with E-state index in [1.165, 1.54) is 24.0 Å². The Kier molecular flexibility index (Phi) is 4.60. The van der Waals surface area contributed by atoms with Crippen LogP contribution in [0.2, 0.25) is 0 Å². The van der Waals surface area contributed by atoms with Crippen LogP contribution in [0.3, 0.4) is 0 Å². The molecule has 2 saturated heterocycles. The maximum atomic E-state index is 12.5. The van der Waals surface area contributed by atoms with Crippen molar-refractivity contribution in [3.63, 3.8) is 0 Å². The average Bonchev–Trinajstić information content (AvgIpc) is 3.60. The molecule has 2 bridgehead atoms. The van der Waals surface area contributed by atoms with E-state index in [-0.39, 0.29) is 11.5 Å².